The molecule has 3 heterocycles. The molecule has 0 aliphatic carbocycles. The van der Waals surface area contributed by atoms with Gasteiger partial charge in [0.05, 0.1) is 33.3 Å². The normalized spacial score (nSPS) is 16.9. The summed E-state index contributed by atoms with van der Waals surface area (Å²) in [7, 11) is 4.51. The van der Waals surface area contributed by atoms with Gasteiger partial charge in [-0.15, -0.1) is 0 Å². The van der Waals surface area contributed by atoms with Gasteiger partial charge in [-0.2, -0.15) is 0 Å². The Hall–Kier alpha value is -5.05. The Balaban J connectivity index is 1.47. The zero-order valence-corrected chi connectivity index (χ0v) is 21.3. The number of pyridine rings is 1. The summed E-state index contributed by atoms with van der Waals surface area (Å²) in [6, 6.07) is 15.7. The molecule has 3 aromatic carbocycles. The highest BCUT2D eigenvalue weighted by Crippen LogP contribution is 2.49. The van der Waals surface area contributed by atoms with E-state index >= 15 is 0 Å². The average molecular weight is 526 g/mol. The van der Waals surface area contributed by atoms with Crippen LogP contribution in [0.25, 0.3) is 17.0 Å². The molecule has 0 spiro atoms. The largest absolute Gasteiger partial charge is 0.493 e. The second-order valence-electron chi connectivity index (χ2n) is 9.12. The van der Waals surface area contributed by atoms with E-state index in [-0.39, 0.29) is 35.0 Å². The molecule has 6 rings (SSSR count). The molecule has 1 aromatic heterocycles. The first-order valence-corrected chi connectivity index (χ1v) is 12.2. The molecule has 39 heavy (non-hydrogen) atoms. The third kappa shape index (κ3) is 3.99. The van der Waals surface area contributed by atoms with Gasteiger partial charge in [-0.1, -0.05) is 18.2 Å². The van der Waals surface area contributed by atoms with E-state index in [1.807, 2.05) is 24.3 Å². The van der Waals surface area contributed by atoms with Crippen molar-refractivity contribution in [2.75, 3.05) is 21.3 Å². The minimum atomic E-state index is -0.669. The predicted octanol–water partition coefficient (Wildman–Crippen LogP) is 4.61. The van der Waals surface area contributed by atoms with Gasteiger partial charge in [0.2, 0.25) is 11.5 Å². The summed E-state index contributed by atoms with van der Waals surface area (Å²) >= 11 is 0. The van der Waals surface area contributed by atoms with Gasteiger partial charge in [0.15, 0.2) is 17.3 Å². The van der Waals surface area contributed by atoms with E-state index < -0.39 is 11.9 Å². The third-order valence-electron chi connectivity index (χ3n) is 6.92. The van der Waals surface area contributed by atoms with E-state index in [9.17, 15) is 14.4 Å². The van der Waals surface area contributed by atoms with Crippen molar-refractivity contribution in [3.63, 3.8) is 0 Å². The molecular formula is C30H23NO8. The van der Waals surface area contributed by atoms with Gasteiger partial charge in [0, 0.05) is 22.6 Å². The first-order valence-electron chi connectivity index (χ1n) is 12.2. The fourth-order valence-electron chi connectivity index (χ4n) is 5.13. The van der Waals surface area contributed by atoms with Crippen molar-refractivity contribution in [3.05, 3.63) is 93.0 Å². The van der Waals surface area contributed by atoms with Gasteiger partial charge >= 0.3 is 5.97 Å². The van der Waals surface area contributed by atoms with Gasteiger partial charge in [-0.05, 0) is 53.4 Å². The fraction of sp³-hybridized carbons (Fsp3) is 0.167. The van der Waals surface area contributed by atoms with E-state index in [1.54, 1.807) is 36.4 Å². The third-order valence-corrected chi connectivity index (χ3v) is 6.92. The molecule has 9 heteroatoms. The molecule has 1 atom stereocenters. The number of rotatable bonds is 5. The molecule has 0 amide bonds. The van der Waals surface area contributed by atoms with E-state index in [0.717, 1.165) is 5.39 Å². The van der Waals surface area contributed by atoms with Gasteiger partial charge in [0.25, 0.3) is 5.56 Å². The quantitative estimate of drug-likeness (QED) is 0.228. The molecule has 9 nitrogen and oxygen atoms in total. The monoisotopic (exact) mass is 525 g/mol. The summed E-state index contributed by atoms with van der Waals surface area (Å²) in [6.45, 7) is 0. The lowest BCUT2D eigenvalue weighted by Gasteiger charge is -2.26. The zero-order chi connectivity index (χ0) is 27.3. The van der Waals surface area contributed by atoms with Crippen molar-refractivity contribution in [1.29, 1.82) is 0 Å². The van der Waals surface area contributed by atoms with Crippen LogP contribution in [0.4, 0.5) is 0 Å². The van der Waals surface area contributed by atoms with Gasteiger partial charge in [0.1, 0.15) is 11.5 Å². The standard InChI is InChI=1S/C30H23NO8/c1-35-23-11-15(12-24(36-2)29(23)37-3)10-22-27(33)17-8-9-21-26(28(17)39-22)18(14-25(32)38-21)19-13-16-6-4-5-7-20(16)31-30(19)34/h4-13,18H,14H2,1-3H3,(H,31,34)/b22-10-/t18-/m1/s1. The van der Waals surface area contributed by atoms with Crippen LogP contribution in [0.2, 0.25) is 0 Å². The molecule has 196 valence electrons. The Morgan fingerprint density at radius 2 is 1.64 bits per heavy atom. The molecule has 0 radical (unpaired) electrons. The van der Waals surface area contributed by atoms with E-state index in [2.05, 4.69) is 4.98 Å². The van der Waals surface area contributed by atoms with Gasteiger partial charge < -0.3 is 28.7 Å². The molecule has 4 aromatic rings. The number of esters is 1. The molecule has 0 fully saturated rings. The maximum Gasteiger partial charge on any atom is 0.312 e. The van der Waals surface area contributed by atoms with Crippen LogP contribution < -0.4 is 29.2 Å². The molecular weight excluding hydrogens is 502 g/mol. The van der Waals surface area contributed by atoms with E-state index in [4.69, 9.17) is 23.7 Å². The lowest BCUT2D eigenvalue weighted by atomic mass is 9.85. The lowest BCUT2D eigenvalue weighted by molar-refractivity contribution is -0.135. The number of carbonyl (C=O) groups is 2. The van der Waals surface area contributed by atoms with Crippen LogP contribution >= 0.6 is 0 Å². The predicted molar refractivity (Wildman–Crippen MR) is 142 cm³/mol. The van der Waals surface area contributed by atoms with E-state index in [1.165, 1.54) is 21.3 Å². The Kier molecular flexibility index (Phi) is 5.83. The summed E-state index contributed by atoms with van der Waals surface area (Å²) in [5, 5.41) is 0.820. The highest BCUT2D eigenvalue weighted by Gasteiger charge is 2.39. The van der Waals surface area contributed by atoms with Crippen molar-refractivity contribution < 1.29 is 33.3 Å². The van der Waals surface area contributed by atoms with Crippen molar-refractivity contribution in [3.8, 4) is 28.7 Å². The van der Waals surface area contributed by atoms with Crippen LogP contribution in [0.1, 0.15) is 39.4 Å². The van der Waals surface area contributed by atoms with Crippen LogP contribution in [0.15, 0.2) is 65.2 Å². The molecule has 0 bridgehead atoms. The lowest BCUT2D eigenvalue weighted by Crippen LogP contribution is -2.26. The van der Waals surface area contributed by atoms with Gasteiger partial charge in [-0.3, -0.25) is 14.4 Å². The molecule has 2 aliphatic heterocycles. The molecule has 0 saturated heterocycles. The minimum Gasteiger partial charge on any atom is -0.493 e. The van der Waals surface area contributed by atoms with Crippen LogP contribution in [0.5, 0.6) is 28.7 Å². The van der Waals surface area contributed by atoms with Gasteiger partial charge in [-0.25, -0.2) is 0 Å². The summed E-state index contributed by atoms with van der Waals surface area (Å²) in [5.41, 5.74) is 2.13. The number of hydrogen-bond acceptors (Lipinski definition) is 8. The van der Waals surface area contributed by atoms with Crippen molar-refractivity contribution in [2.24, 2.45) is 0 Å². The number of ether oxygens (including phenoxy) is 5. The first kappa shape index (κ1) is 24.3. The highest BCUT2D eigenvalue weighted by molar-refractivity contribution is 6.15. The Morgan fingerprint density at radius 3 is 2.36 bits per heavy atom. The number of ketones is 1. The number of methoxy groups -OCH3 is 3. The second kappa shape index (κ2) is 9.36. The Labute approximate surface area is 222 Å². The van der Waals surface area contributed by atoms with Crippen molar-refractivity contribution in [1.82, 2.24) is 4.98 Å². The van der Waals surface area contributed by atoms with Crippen LogP contribution in [-0.4, -0.2) is 38.1 Å². The highest BCUT2D eigenvalue weighted by atomic mass is 16.5. The van der Waals surface area contributed by atoms with Crippen LogP contribution in [0.3, 0.4) is 0 Å². The number of aromatic nitrogens is 1. The number of hydrogen-bond donors (Lipinski definition) is 1. The number of carbonyl (C=O) groups excluding carboxylic acids is 2. The number of allylic oxidation sites excluding steroid dienone is 1. The number of aromatic amines is 1. The van der Waals surface area contributed by atoms with Crippen molar-refractivity contribution in [2.45, 2.75) is 12.3 Å². The number of para-hydroxylation sites is 1. The molecule has 0 unspecified atom stereocenters. The first-order chi connectivity index (χ1) is 18.9. The molecule has 0 saturated carbocycles. The minimum absolute atomic E-state index is 0.0655. The Bertz CT molecular complexity index is 1740. The smallest absolute Gasteiger partial charge is 0.312 e. The second-order valence-corrected chi connectivity index (χ2v) is 9.12. The molecule has 1 N–H and O–H groups in total. The summed E-state index contributed by atoms with van der Waals surface area (Å²) < 4.78 is 27.9. The van der Waals surface area contributed by atoms with Crippen LogP contribution in [0, 0.1) is 0 Å². The number of nitrogens with one attached hydrogen (secondary N) is 1. The zero-order valence-electron chi connectivity index (χ0n) is 21.3. The summed E-state index contributed by atoms with van der Waals surface area (Å²) in [5.74, 6) is 0.364. The maximum absolute atomic E-state index is 13.4. The fourth-order valence-corrected chi connectivity index (χ4v) is 5.13. The topological polar surface area (TPSA) is 113 Å². The van der Waals surface area contributed by atoms with E-state index in [0.29, 0.717) is 45.0 Å². The summed E-state index contributed by atoms with van der Waals surface area (Å²) in [6.07, 6.45) is 1.50. The van der Waals surface area contributed by atoms with Crippen LogP contribution in [-0.2, 0) is 4.79 Å². The van der Waals surface area contributed by atoms with Crippen molar-refractivity contribution >= 4 is 28.7 Å². The number of Topliss-reactive ketones (excluding diaryl/α,β-unsaturated/α-hetero) is 1. The molecule has 2 aliphatic rings. The average Bonchev–Trinajstić information content (AvgIpc) is 3.26. The Morgan fingerprint density at radius 1 is 0.897 bits per heavy atom. The number of benzene rings is 3. The number of fused-ring (bicyclic) bond motifs is 4. The number of H-pyrrole nitrogens is 1. The summed E-state index contributed by atoms with van der Waals surface area (Å²) in [4.78, 5) is 42.0. The SMILES string of the molecule is COc1cc(/C=C2\Oc3c(ccc4c3[C@@H](c3cc5ccccc5[nH]c3=O)CC(=O)O4)C2=O)cc(OC)c1OC. The maximum atomic E-state index is 13.4.